The number of hydrogen-bond acceptors (Lipinski definition) is 4. The zero-order chi connectivity index (χ0) is 19.9. The topological polar surface area (TPSA) is 71.1 Å². The van der Waals surface area contributed by atoms with Crippen LogP contribution in [-0.2, 0) is 16.0 Å². The van der Waals surface area contributed by atoms with Gasteiger partial charge in [-0.1, -0.05) is 42.5 Å². The van der Waals surface area contributed by atoms with Gasteiger partial charge in [0.25, 0.3) is 0 Å². The van der Waals surface area contributed by atoms with Gasteiger partial charge in [-0.2, -0.15) is 0 Å². The van der Waals surface area contributed by atoms with Crippen molar-refractivity contribution in [1.29, 1.82) is 0 Å². The van der Waals surface area contributed by atoms with Gasteiger partial charge in [-0.25, -0.2) is 9.37 Å². The number of nitrogens with zero attached hydrogens (tertiary/aromatic N) is 1. The Morgan fingerprint density at radius 1 is 1.11 bits per heavy atom. The van der Waals surface area contributed by atoms with Crippen molar-refractivity contribution in [2.24, 2.45) is 0 Å². The summed E-state index contributed by atoms with van der Waals surface area (Å²) in [5, 5.41) is 7.93. The number of nitrogens with one attached hydrogen (secondary N) is 2. The molecule has 1 heterocycles. The normalized spacial score (nSPS) is 11.6. The molecule has 0 radical (unpaired) electrons. The van der Waals surface area contributed by atoms with E-state index in [-0.39, 0.29) is 18.0 Å². The molecule has 3 aromatic rings. The maximum absolute atomic E-state index is 13.6. The van der Waals surface area contributed by atoms with Gasteiger partial charge >= 0.3 is 0 Å². The number of anilines is 1. The van der Waals surface area contributed by atoms with Crippen LogP contribution < -0.4 is 10.6 Å². The number of hydrogen-bond donors (Lipinski definition) is 2. The smallest absolute Gasteiger partial charge is 0.246 e. The van der Waals surface area contributed by atoms with Gasteiger partial charge in [0.2, 0.25) is 11.8 Å². The fraction of sp³-hybridized carbons (Fsp3) is 0.190. The molecule has 144 valence electrons. The standard InChI is InChI=1S/C21H20FN3O2S/c1-14(21(27)25-17-10-6-5-9-16(17)22)23-19(26)11-12-20-24-18(13-28-20)15-7-3-2-4-8-15/h2-10,13-14H,11-12H2,1H3,(H,23,26)(H,25,27). The van der Waals surface area contributed by atoms with Crippen LogP contribution in [0.15, 0.2) is 60.0 Å². The van der Waals surface area contributed by atoms with E-state index in [9.17, 15) is 14.0 Å². The molecule has 0 aliphatic heterocycles. The molecular weight excluding hydrogens is 377 g/mol. The molecule has 2 aromatic carbocycles. The Balaban J connectivity index is 1.48. The van der Waals surface area contributed by atoms with Crippen molar-refractivity contribution in [3.8, 4) is 11.3 Å². The quantitative estimate of drug-likeness (QED) is 0.632. The van der Waals surface area contributed by atoms with Crippen molar-refractivity contribution in [3.05, 3.63) is 70.8 Å². The fourth-order valence-electron chi connectivity index (χ4n) is 2.57. The summed E-state index contributed by atoms with van der Waals surface area (Å²) in [6.07, 6.45) is 0.712. The fourth-order valence-corrected chi connectivity index (χ4v) is 3.38. The highest BCUT2D eigenvalue weighted by Gasteiger charge is 2.17. The van der Waals surface area contributed by atoms with Crippen LogP contribution in [0.4, 0.5) is 10.1 Å². The Labute approximate surface area is 166 Å². The highest BCUT2D eigenvalue weighted by atomic mass is 32.1. The maximum Gasteiger partial charge on any atom is 0.246 e. The van der Waals surface area contributed by atoms with Gasteiger partial charge in [0, 0.05) is 23.8 Å². The van der Waals surface area contributed by atoms with Crippen LogP contribution in [0, 0.1) is 5.82 Å². The molecule has 28 heavy (non-hydrogen) atoms. The highest BCUT2D eigenvalue weighted by Crippen LogP contribution is 2.22. The molecule has 1 unspecified atom stereocenters. The van der Waals surface area contributed by atoms with E-state index in [1.165, 1.54) is 29.5 Å². The molecule has 3 rings (SSSR count). The number of thiazole rings is 1. The molecule has 1 atom stereocenters. The Hall–Kier alpha value is -3.06. The van der Waals surface area contributed by atoms with E-state index in [0.29, 0.717) is 6.42 Å². The van der Waals surface area contributed by atoms with Crippen LogP contribution >= 0.6 is 11.3 Å². The SMILES string of the molecule is CC(NC(=O)CCc1nc(-c2ccccc2)cs1)C(=O)Nc1ccccc1F. The first-order valence-corrected chi connectivity index (χ1v) is 9.75. The number of benzene rings is 2. The Morgan fingerprint density at radius 3 is 2.57 bits per heavy atom. The summed E-state index contributed by atoms with van der Waals surface area (Å²) < 4.78 is 13.6. The highest BCUT2D eigenvalue weighted by molar-refractivity contribution is 7.09. The molecule has 0 bridgehead atoms. The number of halogens is 1. The lowest BCUT2D eigenvalue weighted by Gasteiger charge is -2.14. The molecule has 0 saturated heterocycles. The van der Waals surface area contributed by atoms with Gasteiger partial charge in [0.1, 0.15) is 11.9 Å². The third kappa shape index (κ3) is 5.23. The number of aromatic nitrogens is 1. The summed E-state index contributed by atoms with van der Waals surface area (Å²) in [5.74, 6) is -1.25. The van der Waals surface area contributed by atoms with E-state index < -0.39 is 17.8 Å². The lowest BCUT2D eigenvalue weighted by atomic mass is 10.2. The van der Waals surface area contributed by atoms with Gasteiger partial charge in [-0.05, 0) is 19.1 Å². The van der Waals surface area contributed by atoms with Crippen molar-refractivity contribution >= 4 is 28.8 Å². The molecule has 0 saturated carbocycles. The first-order chi connectivity index (χ1) is 13.5. The predicted octanol–water partition coefficient (Wildman–Crippen LogP) is 4.03. The molecule has 0 aliphatic carbocycles. The van der Waals surface area contributed by atoms with Crippen molar-refractivity contribution in [2.75, 3.05) is 5.32 Å². The second-order valence-electron chi connectivity index (χ2n) is 6.25. The molecule has 2 amide bonds. The maximum atomic E-state index is 13.6. The van der Waals surface area contributed by atoms with Gasteiger partial charge in [0.05, 0.1) is 16.4 Å². The van der Waals surface area contributed by atoms with Crippen LogP contribution in [0.1, 0.15) is 18.4 Å². The first-order valence-electron chi connectivity index (χ1n) is 8.87. The third-order valence-electron chi connectivity index (χ3n) is 4.09. The second-order valence-corrected chi connectivity index (χ2v) is 7.19. The van der Waals surface area contributed by atoms with E-state index in [1.54, 1.807) is 13.0 Å². The molecule has 0 fully saturated rings. The summed E-state index contributed by atoms with van der Waals surface area (Å²) >= 11 is 1.50. The van der Waals surface area contributed by atoms with Crippen LogP contribution in [0.2, 0.25) is 0 Å². The number of para-hydroxylation sites is 1. The van der Waals surface area contributed by atoms with Gasteiger partial charge in [-0.3, -0.25) is 9.59 Å². The summed E-state index contributed by atoms with van der Waals surface area (Å²) in [6.45, 7) is 1.56. The number of amides is 2. The van der Waals surface area contributed by atoms with Crippen LogP contribution in [0.5, 0.6) is 0 Å². The number of carbonyl (C=O) groups excluding carboxylic acids is 2. The summed E-state index contributed by atoms with van der Waals surface area (Å²) in [5.41, 5.74) is 2.01. The molecule has 1 aromatic heterocycles. The van der Waals surface area contributed by atoms with E-state index in [0.717, 1.165) is 16.3 Å². The van der Waals surface area contributed by atoms with Crippen molar-refractivity contribution in [2.45, 2.75) is 25.8 Å². The van der Waals surface area contributed by atoms with Crippen molar-refractivity contribution in [3.63, 3.8) is 0 Å². The minimum Gasteiger partial charge on any atom is -0.345 e. The lowest BCUT2D eigenvalue weighted by Crippen LogP contribution is -2.41. The predicted molar refractivity (Wildman–Crippen MR) is 109 cm³/mol. The summed E-state index contributed by atoms with van der Waals surface area (Å²) in [6, 6.07) is 14.9. The van der Waals surface area contributed by atoms with Gasteiger partial charge < -0.3 is 10.6 Å². The minimum atomic E-state index is -0.775. The van der Waals surface area contributed by atoms with Crippen LogP contribution in [-0.4, -0.2) is 22.8 Å². The average Bonchev–Trinajstić information content (AvgIpc) is 3.18. The Kier molecular flexibility index (Phi) is 6.49. The molecule has 0 spiro atoms. The van der Waals surface area contributed by atoms with Gasteiger partial charge in [0.15, 0.2) is 0 Å². The molecule has 5 nitrogen and oxygen atoms in total. The van der Waals surface area contributed by atoms with E-state index in [4.69, 9.17) is 0 Å². The van der Waals surface area contributed by atoms with Crippen LogP contribution in [0.25, 0.3) is 11.3 Å². The van der Waals surface area contributed by atoms with E-state index in [2.05, 4.69) is 15.6 Å². The van der Waals surface area contributed by atoms with Gasteiger partial charge in [-0.15, -0.1) is 11.3 Å². The second kappa shape index (κ2) is 9.23. The zero-order valence-corrected chi connectivity index (χ0v) is 16.1. The average molecular weight is 397 g/mol. The minimum absolute atomic E-state index is 0.0878. The first kappa shape index (κ1) is 19.7. The number of carbonyl (C=O) groups is 2. The molecule has 0 aliphatic rings. The zero-order valence-electron chi connectivity index (χ0n) is 15.3. The Morgan fingerprint density at radius 2 is 1.82 bits per heavy atom. The lowest BCUT2D eigenvalue weighted by molar-refractivity contribution is -0.126. The molecular formula is C21H20FN3O2S. The summed E-state index contributed by atoms with van der Waals surface area (Å²) in [4.78, 5) is 28.8. The third-order valence-corrected chi connectivity index (χ3v) is 5.00. The number of aryl methyl sites for hydroxylation is 1. The van der Waals surface area contributed by atoms with Crippen molar-refractivity contribution in [1.82, 2.24) is 10.3 Å². The largest absolute Gasteiger partial charge is 0.345 e. The van der Waals surface area contributed by atoms with E-state index >= 15 is 0 Å². The van der Waals surface area contributed by atoms with Crippen LogP contribution in [0.3, 0.4) is 0 Å². The summed E-state index contributed by atoms with van der Waals surface area (Å²) in [7, 11) is 0. The van der Waals surface area contributed by atoms with E-state index in [1.807, 2.05) is 35.7 Å². The monoisotopic (exact) mass is 397 g/mol. The Bertz CT molecular complexity index is 959. The molecule has 2 N–H and O–H groups in total. The van der Waals surface area contributed by atoms with Crippen molar-refractivity contribution < 1.29 is 14.0 Å². The molecule has 7 heteroatoms. The number of rotatable bonds is 7.